The molecular weight excluding hydrogens is 270 g/mol. The van der Waals surface area contributed by atoms with Crippen LogP contribution in [0, 0.1) is 0 Å². The van der Waals surface area contributed by atoms with E-state index < -0.39 is 5.97 Å². The van der Waals surface area contributed by atoms with Crippen LogP contribution in [0.15, 0.2) is 35.5 Å². The molecule has 2 rings (SSSR count). The lowest BCUT2D eigenvalue weighted by atomic mass is 9.83. The van der Waals surface area contributed by atoms with Gasteiger partial charge in [0.05, 0.1) is 19.8 Å². The van der Waals surface area contributed by atoms with E-state index >= 15 is 0 Å². The lowest BCUT2D eigenvalue weighted by molar-refractivity contribution is -0.137. The zero-order chi connectivity index (χ0) is 15.6. The molecule has 21 heavy (non-hydrogen) atoms. The minimum Gasteiger partial charge on any atom is -0.496 e. The Bertz CT molecular complexity index is 606. The third-order valence-corrected chi connectivity index (χ3v) is 3.91. The maximum Gasteiger partial charge on any atom is 0.336 e. The summed E-state index contributed by atoms with van der Waals surface area (Å²) in [4.78, 5) is 25.8. The number of methoxy groups -OCH3 is 2. The fraction of sp³-hybridized carbons (Fsp3) is 0.375. The largest absolute Gasteiger partial charge is 0.496 e. The predicted octanol–water partition coefficient (Wildman–Crippen LogP) is 2.09. The van der Waals surface area contributed by atoms with Crippen molar-refractivity contribution in [1.82, 2.24) is 4.90 Å². The van der Waals surface area contributed by atoms with Gasteiger partial charge in [0, 0.05) is 30.6 Å². The molecule has 0 saturated heterocycles. The van der Waals surface area contributed by atoms with Gasteiger partial charge >= 0.3 is 5.97 Å². The van der Waals surface area contributed by atoms with Crippen molar-refractivity contribution < 1.29 is 19.1 Å². The third kappa shape index (κ3) is 2.63. The number of carbonyl (C=O) groups is 2. The first-order valence-corrected chi connectivity index (χ1v) is 6.69. The van der Waals surface area contributed by atoms with Gasteiger partial charge in [-0.05, 0) is 13.0 Å². The van der Waals surface area contributed by atoms with Gasteiger partial charge in [0.15, 0.2) is 0 Å². The number of allylic oxidation sites excluding steroid dienone is 1. The molecule has 0 aromatic heterocycles. The van der Waals surface area contributed by atoms with Crippen molar-refractivity contribution in [3.05, 3.63) is 41.1 Å². The van der Waals surface area contributed by atoms with Gasteiger partial charge in [-0.2, -0.15) is 0 Å². The number of rotatable bonds is 3. The van der Waals surface area contributed by atoms with E-state index in [2.05, 4.69) is 0 Å². The smallest absolute Gasteiger partial charge is 0.336 e. The zero-order valence-corrected chi connectivity index (χ0v) is 12.7. The Morgan fingerprint density at radius 2 is 1.95 bits per heavy atom. The second kappa shape index (κ2) is 5.99. The molecule has 1 aromatic carbocycles. The number of para-hydroxylation sites is 1. The number of nitrogens with zero attached hydrogens (tertiary/aromatic N) is 1. The van der Waals surface area contributed by atoms with Gasteiger partial charge < -0.3 is 14.4 Å². The van der Waals surface area contributed by atoms with Crippen molar-refractivity contribution in [1.29, 1.82) is 0 Å². The number of ether oxygens (including phenoxy) is 2. The van der Waals surface area contributed by atoms with Gasteiger partial charge in [0.1, 0.15) is 5.75 Å². The van der Waals surface area contributed by atoms with E-state index in [0.717, 1.165) is 5.56 Å². The monoisotopic (exact) mass is 289 g/mol. The summed E-state index contributed by atoms with van der Waals surface area (Å²) >= 11 is 0. The molecule has 1 aliphatic rings. The molecule has 112 valence electrons. The van der Waals surface area contributed by atoms with Crippen LogP contribution in [0.1, 0.15) is 24.8 Å². The molecule has 1 amide bonds. The Kier molecular flexibility index (Phi) is 4.31. The van der Waals surface area contributed by atoms with Gasteiger partial charge in [0.2, 0.25) is 5.91 Å². The summed E-state index contributed by atoms with van der Waals surface area (Å²) in [5.41, 5.74) is 1.94. The summed E-state index contributed by atoms with van der Waals surface area (Å²) in [6, 6.07) is 7.42. The van der Waals surface area contributed by atoms with E-state index in [-0.39, 0.29) is 18.2 Å². The number of benzene rings is 1. The van der Waals surface area contributed by atoms with E-state index in [9.17, 15) is 9.59 Å². The first-order valence-electron chi connectivity index (χ1n) is 6.69. The van der Waals surface area contributed by atoms with Crippen molar-refractivity contribution in [3.63, 3.8) is 0 Å². The minimum atomic E-state index is -0.414. The Labute approximate surface area is 124 Å². The first kappa shape index (κ1) is 15.1. The van der Waals surface area contributed by atoms with Gasteiger partial charge in [-0.25, -0.2) is 4.79 Å². The average molecular weight is 289 g/mol. The molecule has 0 aliphatic carbocycles. The highest BCUT2D eigenvalue weighted by molar-refractivity contribution is 5.95. The molecule has 1 atom stereocenters. The molecule has 0 N–H and O–H groups in total. The molecule has 5 heteroatoms. The van der Waals surface area contributed by atoms with E-state index in [0.29, 0.717) is 17.0 Å². The van der Waals surface area contributed by atoms with Crippen LogP contribution in [-0.4, -0.2) is 38.0 Å². The van der Waals surface area contributed by atoms with Crippen LogP contribution in [0.4, 0.5) is 0 Å². The summed E-state index contributed by atoms with van der Waals surface area (Å²) in [6.07, 6.45) is 0.221. The Morgan fingerprint density at radius 3 is 2.57 bits per heavy atom. The van der Waals surface area contributed by atoms with Crippen molar-refractivity contribution in [2.75, 3.05) is 21.3 Å². The average Bonchev–Trinajstić information content (AvgIpc) is 2.51. The topological polar surface area (TPSA) is 55.8 Å². The molecule has 1 aromatic rings. The highest BCUT2D eigenvalue weighted by Crippen LogP contribution is 2.39. The van der Waals surface area contributed by atoms with Gasteiger partial charge in [-0.15, -0.1) is 0 Å². The minimum absolute atomic E-state index is 0.0314. The van der Waals surface area contributed by atoms with Crippen molar-refractivity contribution in [2.45, 2.75) is 19.3 Å². The van der Waals surface area contributed by atoms with Gasteiger partial charge in [0.25, 0.3) is 0 Å². The molecular formula is C16H19NO4. The molecule has 1 aliphatic heterocycles. The molecule has 5 nitrogen and oxygen atoms in total. The molecule has 1 heterocycles. The molecule has 0 bridgehead atoms. The SMILES string of the molecule is COC(=O)C1=C(C)N(C)C(=O)C[C@@H]1c1ccccc1OC. The van der Waals surface area contributed by atoms with Gasteiger partial charge in [-0.3, -0.25) is 4.79 Å². The number of carbonyl (C=O) groups excluding carboxylic acids is 2. The molecule has 0 radical (unpaired) electrons. The summed E-state index contributed by atoms with van der Waals surface area (Å²) in [5.74, 6) is -0.134. The third-order valence-electron chi connectivity index (χ3n) is 3.91. The van der Waals surface area contributed by atoms with Crippen molar-refractivity contribution in [3.8, 4) is 5.75 Å². The van der Waals surface area contributed by atoms with Crippen LogP contribution in [-0.2, 0) is 14.3 Å². The van der Waals surface area contributed by atoms with Crippen LogP contribution < -0.4 is 4.74 Å². The Morgan fingerprint density at radius 1 is 1.29 bits per heavy atom. The van der Waals surface area contributed by atoms with Crippen molar-refractivity contribution >= 4 is 11.9 Å². The lowest BCUT2D eigenvalue weighted by Crippen LogP contribution is -2.35. The van der Waals surface area contributed by atoms with Crippen LogP contribution in [0.2, 0.25) is 0 Å². The standard InChI is InChI=1S/C16H19NO4/c1-10-15(16(19)21-4)12(9-14(18)17(10)2)11-7-5-6-8-13(11)20-3/h5-8,12H,9H2,1-4H3/t12-/m1/s1. The maximum atomic E-state index is 12.2. The van der Waals surface area contributed by atoms with Crippen LogP contribution in [0.3, 0.4) is 0 Å². The number of esters is 1. The lowest BCUT2D eigenvalue weighted by Gasteiger charge is -2.32. The summed E-state index contributed by atoms with van der Waals surface area (Å²) in [5, 5.41) is 0. The molecule has 0 saturated carbocycles. The highest BCUT2D eigenvalue weighted by Gasteiger charge is 2.36. The molecule has 0 spiro atoms. The zero-order valence-electron chi connectivity index (χ0n) is 12.7. The van der Waals surface area contributed by atoms with Crippen LogP contribution in [0.5, 0.6) is 5.75 Å². The van der Waals surface area contributed by atoms with Crippen LogP contribution in [0.25, 0.3) is 0 Å². The van der Waals surface area contributed by atoms with E-state index in [1.807, 2.05) is 24.3 Å². The van der Waals surface area contributed by atoms with E-state index in [1.54, 1.807) is 21.1 Å². The number of hydrogen-bond acceptors (Lipinski definition) is 4. The second-order valence-electron chi connectivity index (χ2n) is 4.94. The highest BCUT2D eigenvalue weighted by atomic mass is 16.5. The number of hydrogen-bond donors (Lipinski definition) is 0. The number of amides is 1. The van der Waals surface area contributed by atoms with Crippen molar-refractivity contribution in [2.24, 2.45) is 0 Å². The fourth-order valence-corrected chi connectivity index (χ4v) is 2.65. The second-order valence-corrected chi connectivity index (χ2v) is 4.94. The molecule has 0 fully saturated rings. The summed E-state index contributed by atoms with van der Waals surface area (Å²) < 4.78 is 10.3. The fourth-order valence-electron chi connectivity index (χ4n) is 2.65. The van der Waals surface area contributed by atoms with E-state index in [4.69, 9.17) is 9.47 Å². The summed E-state index contributed by atoms with van der Waals surface area (Å²) in [6.45, 7) is 1.76. The summed E-state index contributed by atoms with van der Waals surface area (Å²) in [7, 11) is 4.58. The normalized spacial score (nSPS) is 18.8. The quantitative estimate of drug-likeness (QED) is 0.800. The Hall–Kier alpha value is -2.30. The van der Waals surface area contributed by atoms with Crippen LogP contribution >= 0.6 is 0 Å². The first-order chi connectivity index (χ1) is 10.0. The Balaban J connectivity index is 2.59. The molecule has 0 unspecified atom stereocenters. The maximum absolute atomic E-state index is 12.2. The predicted molar refractivity (Wildman–Crippen MR) is 77.8 cm³/mol. The van der Waals surface area contributed by atoms with E-state index in [1.165, 1.54) is 12.0 Å². The van der Waals surface area contributed by atoms with Gasteiger partial charge in [-0.1, -0.05) is 18.2 Å².